The van der Waals surface area contributed by atoms with Gasteiger partial charge < -0.3 is 10.1 Å². The van der Waals surface area contributed by atoms with E-state index < -0.39 is 18.0 Å². The number of carbonyl (C=O) groups excluding carboxylic acids is 5. The largest absolute Gasteiger partial charge is 0.457 e. The van der Waals surface area contributed by atoms with E-state index in [0.717, 1.165) is 10.5 Å². The molecule has 1 heterocycles. The third-order valence-corrected chi connectivity index (χ3v) is 5.40. The second-order valence-electron chi connectivity index (χ2n) is 9.28. The maximum Gasteiger partial charge on any atom is 0.306 e. The second-order valence-corrected chi connectivity index (χ2v) is 9.28. The molecule has 0 unspecified atom stereocenters. The van der Waals surface area contributed by atoms with Crippen molar-refractivity contribution in [3.63, 3.8) is 0 Å². The van der Waals surface area contributed by atoms with Crippen LogP contribution in [0.3, 0.4) is 0 Å². The molecule has 0 bridgehead atoms. The van der Waals surface area contributed by atoms with E-state index in [9.17, 15) is 24.0 Å². The second kappa shape index (κ2) is 9.99. The number of nitrogens with one attached hydrogen (secondary N) is 1. The SMILES string of the molecule is Cc1ccc2c(c1)C(=O)N(CCCC(=O)OCC(=O)c1ccc(NC(=O)C(C)(C)C)cc1)C2=O. The number of hydrogen-bond acceptors (Lipinski definition) is 6. The van der Waals surface area contributed by atoms with Gasteiger partial charge in [-0.1, -0.05) is 32.4 Å². The molecule has 1 aliphatic rings. The van der Waals surface area contributed by atoms with E-state index in [1.54, 1.807) is 63.2 Å². The summed E-state index contributed by atoms with van der Waals surface area (Å²) in [6.45, 7) is 6.92. The van der Waals surface area contributed by atoms with Gasteiger partial charge in [-0.2, -0.15) is 0 Å². The van der Waals surface area contributed by atoms with E-state index in [0.29, 0.717) is 22.4 Å². The normalized spacial score (nSPS) is 13.0. The molecule has 178 valence electrons. The van der Waals surface area contributed by atoms with E-state index >= 15 is 0 Å². The van der Waals surface area contributed by atoms with Gasteiger partial charge in [0.05, 0.1) is 11.1 Å². The van der Waals surface area contributed by atoms with Crippen molar-refractivity contribution < 1.29 is 28.7 Å². The molecule has 8 heteroatoms. The number of anilines is 1. The average molecular weight is 465 g/mol. The highest BCUT2D eigenvalue weighted by molar-refractivity contribution is 6.21. The molecule has 0 atom stereocenters. The summed E-state index contributed by atoms with van der Waals surface area (Å²) in [6.07, 6.45) is 0.205. The summed E-state index contributed by atoms with van der Waals surface area (Å²) in [4.78, 5) is 62.4. The maximum absolute atomic E-state index is 12.5. The Morgan fingerprint density at radius 2 is 1.59 bits per heavy atom. The fourth-order valence-electron chi connectivity index (χ4n) is 3.35. The Labute approximate surface area is 198 Å². The van der Waals surface area contributed by atoms with Crippen LogP contribution >= 0.6 is 0 Å². The molecular formula is C26H28N2O6. The van der Waals surface area contributed by atoms with Crippen molar-refractivity contribution in [3.8, 4) is 0 Å². The van der Waals surface area contributed by atoms with Crippen molar-refractivity contribution in [3.05, 3.63) is 64.7 Å². The van der Waals surface area contributed by atoms with Crippen LogP contribution in [0.1, 0.15) is 70.3 Å². The maximum atomic E-state index is 12.5. The first kappa shape index (κ1) is 24.8. The van der Waals surface area contributed by atoms with E-state index in [2.05, 4.69) is 5.32 Å². The molecule has 3 rings (SSSR count). The number of hydrogen-bond donors (Lipinski definition) is 1. The third kappa shape index (κ3) is 5.75. The van der Waals surface area contributed by atoms with E-state index in [4.69, 9.17) is 4.74 Å². The van der Waals surface area contributed by atoms with Crippen LogP contribution in [0.2, 0.25) is 0 Å². The summed E-state index contributed by atoms with van der Waals surface area (Å²) in [6, 6.07) is 11.4. The van der Waals surface area contributed by atoms with Gasteiger partial charge in [0.15, 0.2) is 12.4 Å². The van der Waals surface area contributed by atoms with Gasteiger partial charge >= 0.3 is 5.97 Å². The highest BCUT2D eigenvalue weighted by Crippen LogP contribution is 2.24. The van der Waals surface area contributed by atoms with Gasteiger partial charge in [-0.15, -0.1) is 0 Å². The summed E-state index contributed by atoms with van der Waals surface area (Å²) in [5.74, 6) is -1.84. The van der Waals surface area contributed by atoms with Crippen LogP contribution in [-0.2, 0) is 14.3 Å². The van der Waals surface area contributed by atoms with Crippen molar-refractivity contribution in [1.82, 2.24) is 4.90 Å². The summed E-state index contributed by atoms with van der Waals surface area (Å²) in [7, 11) is 0. The van der Waals surface area contributed by atoms with E-state index in [-0.39, 0.29) is 42.9 Å². The standard InChI is InChI=1S/C26H28N2O6/c1-16-7-12-19-20(14-16)24(32)28(23(19)31)13-5-6-22(30)34-15-21(29)17-8-10-18(11-9-17)27-25(33)26(2,3)4/h7-12,14H,5-6,13,15H2,1-4H3,(H,27,33). The van der Waals surface area contributed by atoms with Crippen LogP contribution in [0.5, 0.6) is 0 Å². The molecule has 0 aliphatic carbocycles. The lowest BCUT2D eigenvalue weighted by molar-refractivity contribution is -0.142. The monoisotopic (exact) mass is 464 g/mol. The number of amides is 3. The molecule has 0 spiro atoms. The van der Waals surface area contributed by atoms with Gasteiger partial charge in [0, 0.05) is 29.6 Å². The zero-order valence-electron chi connectivity index (χ0n) is 19.8. The Balaban J connectivity index is 1.43. The van der Waals surface area contributed by atoms with Gasteiger partial charge in [-0.3, -0.25) is 28.9 Å². The van der Waals surface area contributed by atoms with Gasteiger partial charge in [0.25, 0.3) is 11.8 Å². The summed E-state index contributed by atoms with van der Waals surface area (Å²) in [5, 5.41) is 2.77. The fourth-order valence-corrected chi connectivity index (χ4v) is 3.35. The number of carbonyl (C=O) groups is 5. The van der Waals surface area contributed by atoms with Gasteiger partial charge in [-0.25, -0.2) is 0 Å². The average Bonchev–Trinajstić information content (AvgIpc) is 3.01. The van der Waals surface area contributed by atoms with Crippen LogP contribution < -0.4 is 5.32 Å². The van der Waals surface area contributed by atoms with Gasteiger partial charge in [0.2, 0.25) is 5.91 Å². The molecule has 0 radical (unpaired) electrons. The van der Waals surface area contributed by atoms with E-state index in [1.165, 1.54) is 0 Å². The number of imide groups is 1. The summed E-state index contributed by atoms with van der Waals surface area (Å²) in [5.41, 5.74) is 2.01. The number of nitrogens with zero attached hydrogens (tertiary/aromatic N) is 1. The first-order valence-electron chi connectivity index (χ1n) is 11.0. The molecule has 8 nitrogen and oxygen atoms in total. The Morgan fingerprint density at radius 1 is 0.941 bits per heavy atom. The highest BCUT2D eigenvalue weighted by Gasteiger charge is 2.35. The van der Waals surface area contributed by atoms with Crippen LogP contribution in [0.25, 0.3) is 0 Å². The number of ketones is 1. The number of esters is 1. The molecular weight excluding hydrogens is 436 g/mol. The minimum atomic E-state index is -0.588. The number of Topliss-reactive ketones (excluding diaryl/α,β-unsaturated/α-hetero) is 1. The molecule has 0 aromatic heterocycles. The fraction of sp³-hybridized carbons (Fsp3) is 0.346. The first-order chi connectivity index (χ1) is 16.0. The van der Waals surface area contributed by atoms with Crippen LogP contribution in [0, 0.1) is 12.3 Å². The number of ether oxygens (including phenoxy) is 1. The van der Waals surface area contributed by atoms with Crippen molar-refractivity contribution in [2.45, 2.75) is 40.5 Å². The minimum Gasteiger partial charge on any atom is -0.457 e. The van der Waals surface area contributed by atoms with Crippen LogP contribution in [0.4, 0.5) is 5.69 Å². The molecule has 0 fully saturated rings. The quantitative estimate of drug-likeness (QED) is 0.362. The lowest BCUT2D eigenvalue weighted by Gasteiger charge is -2.17. The Morgan fingerprint density at radius 3 is 2.24 bits per heavy atom. The zero-order chi connectivity index (χ0) is 25.0. The lowest BCUT2D eigenvalue weighted by Crippen LogP contribution is -2.31. The van der Waals surface area contributed by atoms with Crippen molar-refractivity contribution in [1.29, 1.82) is 0 Å². The molecule has 1 aliphatic heterocycles. The number of fused-ring (bicyclic) bond motifs is 1. The Hall–Kier alpha value is -3.81. The van der Waals surface area contributed by atoms with Gasteiger partial charge in [0.1, 0.15) is 0 Å². The number of benzene rings is 2. The smallest absolute Gasteiger partial charge is 0.306 e. The minimum absolute atomic E-state index is 0.0303. The van der Waals surface area contributed by atoms with Gasteiger partial charge in [-0.05, 0) is 49.7 Å². The van der Waals surface area contributed by atoms with Crippen molar-refractivity contribution in [2.75, 3.05) is 18.5 Å². The molecule has 2 aromatic carbocycles. The number of rotatable bonds is 8. The van der Waals surface area contributed by atoms with Crippen molar-refractivity contribution >= 4 is 35.2 Å². The third-order valence-electron chi connectivity index (χ3n) is 5.40. The highest BCUT2D eigenvalue weighted by atomic mass is 16.5. The predicted octanol–water partition coefficient (Wildman–Crippen LogP) is 3.78. The topological polar surface area (TPSA) is 110 Å². The number of aryl methyl sites for hydroxylation is 1. The van der Waals surface area contributed by atoms with Crippen LogP contribution in [-0.4, -0.2) is 47.5 Å². The van der Waals surface area contributed by atoms with Crippen molar-refractivity contribution in [2.24, 2.45) is 5.41 Å². The zero-order valence-corrected chi connectivity index (χ0v) is 19.8. The summed E-state index contributed by atoms with van der Waals surface area (Å²) >= 11 is 0. The molecule has 3 amide bonds. The molecule has 0 saturated carbocycles. The summed E-state index contributed by atoms with van der Waals surface area (Å²) < 4.78 is 5.05. The molecule has 1 N–H and O–H groups in total. The predicted molar refractivity (Wildman–Crippen MR) is 126 cm³/mol. The van der Waals surface area contributed by atoms with Crippen LogP contribution in [0.15, 0.2) is 42.5 Å². The molecule has 0 saturated heterocycles. The molecule has 34 heavy (non-hydrogen) atoms. The van der Waals surface area contributed by atoms with E-state index in [1.807, 2.05) is 6.92 Å². The lowest BCUT2D eigenvalue weighted by atomic mass is 9.95. The Bertz CT molecular complexity index is 1140. The first-order valence-corrected chi connectivity index (χ1v) is 11.0. The molecule has 2 aromatic rings. The Kier molecular flexibility index (Phi) is 7.29.